The third-order valence-electron chi connectivity index (χ3n) is 4.04. The van der Waals surface area contributed by atoms with E-state index >= 15 is 0 Å². The number of carbonyl (C=O) groups excluding carboxylic acids is 1. The number of urea groups is 1. The second-order valence-electron chi connectivity index (χ2n) is 6.75. The molecule has 0 radical (unpaired) electrons. The van der Waals surface area contributed by atoms with Crippen molar-refractivity contribution >= 4 is 21.6 Å². The largest absolute Gasteiger partial charge is 0.322 e. The standard InChI is InChI=1S/C16H24N2O3S/c1-12-6-5-11-18(12)15(19)17-13-7-9-14(10-8-13)22(20,21)16(2,3)4/h7-10,12H,5-6,11H2,1-4H3,(H,17,19). The van der Waals surface area contributed by atoms with Gasteiger partial charge >= 0.3 is 6.03 Å². The van der Waals surface area contributed by atoms with E-state index in [1.807, 2.05) is 6.92 Å². The minimum Gasteiger partial charge on any atom is -0.322 e. The summed E-state index contributed by atoms with van der Waals surface area (Å²) < 4.78 is 23.8. The summed E-state index contributed by atoms with van der Waals surface area (Å²) in [6.07, 6.45) is 2.05. The Bertz CT molecular complexity index is 645. The molecule has 1 heterocycles. The number of nitrogens with zero attached hydrogens (tertiary/aromatic N) is 1. The highest BCUT2D eigenvalue weighted by atomic mass is 32.2. The molecular weight excluding hydrogens is 300 g/mol. The van der Waals surface area contributed by atoms with Crippen molar-refractivity contribution in [2.24, 2.45) is 0 Å². The number of anilines is 1. The van der Waals surface area contributed by atoms with Crippen LogP contribution in [0, 0.1) is 0 Å². The molecule has 1 aromatic carbocycles. The molecule has 0 aromatic heterocycles. The highest BCUT2D eigenvalue weighted by Gasteiger charge is 2.31. The normalized spacial score (nSPS) is 19.3. The Morgan fingerprint density at radius 1 is 1.23 bits per heavy atom. The van der Waals surface area contributed by atoms with Crippen LogP contribution in [0.4, 0.5) is 10.5 Å². The van der Waals surface area contributed by atoms with Crippen molar-refractivity contribution in [2.75, 3.05) is 11.9 Å². The fourth-order valence-electron chi connectivity index (χ4n) is 2.50. The summed E-state index contributed by atoms with van der Waals surface area (Å²) >= 11 is 0. The van der Waals surface area contributed by atoms with Gasteiger partial charge in [0.05, 0.1) is 9.64 Å². The maximum atomic E-state index is 12.3. The molecule has 1 atom stereocenters. The molecule has 0 saturated carbocycles. The molecule has 1 aliphatic rings. The first-order chi connectivity index (χ1) is 10.1. The Morgan fingerprint density at radius 2 is 1.82 bits per heavy atom. The first-order valence-corrected chi connectivity index (χ1v) is 9.03. The van der Waals surface area contributed by atoms with Crippen molar-refractivity contribution in [2.45, 2.75) is 56.2 Å². The summed E-state index contributed by atoms with van der Waals surface area (Å²) in [6.45, 7) is 7.82. The van der Waals surface area contributed by atoms with Crippen LogP contribution < -0.4 is 5.32 Å². The minimum atomic E-state index is -3.37. The van der Waals surface area contributed by atoms with Gasteiger partial charge in [-0.25, -0.2) is 13.2 Å². The SMILES string of the molecule is CC1CCCN1C(=O)Nc1ccc(S(=O)(=O)C(C)(C)C)cc1. The molecule has 1 N–H and O–H groups in total. The summed E-state index contributed by atoms with van der Waals surface area (Å²) in [4.78, 5) is 14.2. The Kier molecular flexibility index (Phi) is 4.52. The fraction of sp³-hybridized carbons (Fsp3) is 0.562. The van der Waals surface area contributed by atoms with Crippen molar-refractivity contribution < 1.29 is 13.2 Å². The second-order valence-corrected chi connectivity index (χ2v) is 9.46. The van der Waals surface area contributed by atoms with E-state index in [1.54, 1.807) is 49.9 Å². The van der Waals surface area contributed by atoms with E-state index in [9.17, 15) is 13.2 Å². The zero-order chi connectivity index (χ0) is 16.5. The van der Waals surface area contributed by atoms with Gasteiger partial charge in [0.25, 0.3) is 0 Å². The minimum absolute atomic E-state index is 0.128. The van der Waals surface area contributed by atoms with Crippen molar-refractivity contribution in [3.63, 3.8) is 0 Å². The summed E-state index contributed by atoms with van der Waals surface area (Å²) in [7, 11) is -3.37. The number of rotatable bonds is 2. The molecule has 0 aliphatic carbocycles. The third-order valence-corrected chi connectivity index (χ3v) is 6.54. The molecule has 0 spiro atoms. The highest BCUT2D eigenvalue weighted by Crippen LogP contribution is 2.26. The molecule has 2 amide bonds. The molecule has 1 fully saturated rings. The van der Waals surface area contributed by atoms with Crippen LogP contribution in [0.5, 0.6) is 0 Å². The van der Waals surface area contributed by atoms with Crippen LogP contribution in [0.25, 0.3) is 0 Å². The van der Waals surface area contributed by atoms with Crippen molar-refractivity contribution in [1.82, 2.24) is 4.90 Å². The van der Waals surface area contributed by atoms with Crippen LogP contribution in [0.15, 0.2) is 29.2 Å². The van der Waals surface area contributed by atoms with Gasteiger partial charge in [0.15, 0.2) is 9.84 Å². The first kappa shape index (κ1) is 16.8. The molecule has 6 heteroatoms. The van der Waals surface area contributed by atoms with Crippen LogP contribution >= 0.6 is 0 Å². The molecule has 1 saturated heterocycles. The van der Waals surface area contributed by atoms with Crippen molar-refractivity contribution in [3.05, 3.63) is 24.3 Å². The van der Waals surface area contributed by atoms with Crippen LogP contribution in [-0.4, -0.2) is 36.7 Å². The van der Waals surface area contributed by atoms with Gasteiger partial charge in [-0.2, -0.15) is 0 Å². The monoisotopic (exact) mass is 324 g/mol. The molecule has 5 nitrogen and oxygen atoms in total. The van der Waals surface area contributed by atoms with E-state index in [2.05, 4.69) is 5.32 Å². The third kappa shape index (κ3) is 3.27. The number of sulfone groups is 1. The number of hydrogen-bond acceptors (Lipinski definition) is 3. The summed E-state index contributed by atoms with van der Waals surface area (Å²) in [5.74, 6) is 0. The molecule has 22 heavy (non-hydrogen) atoms. The van der Waals surface area contributed by atoms with E-state index in [1.165, 1.54) is 0 Å². The maximum absolute atomic E-state index is 12.3. The van der Waals surface area contributed by atoms with E-state index in [0.29, 0.717) is 5.69 Å². The van der Waals surface area contributed by atoms with Gasteiger partial charge in [0, 0.05) is 18.3 Å². The van der Waals surface area contributed by atoms with Crippen LogP contribution in [0.1, 0.15) is 40.5 Å². The predicted octanol–water partition coefficient (Wildman–Crippen LogP) is 3.28. The lowest BCUT2D eigenvalue weighted by molar-refractivity contribution is 0.210. The van der Waals surface area contributed by atoms with Crippen molar-refractivity contribution in [1.29, 1.82) is 0 Å². The molecule has 122 valence electrons. The second kappa shape index (κ2) is 5.91. The van der Waals surface area contributed by atoms with Gasteiger partial charge in [-0.3, -0.25) is 0 Å². The smallest absolute Gasteiger partial charge is 0.322 e. The van der Waals surface area contributed by atoms with Crippen LogP contribution in [0.3, 0.4) is 0 Å². The Hall–Kier alpha value is -1.56. The van der Waals surface area contributed by atoms with E-state index in [4.69, 9.17) is 0 Å². The van der Waals surface area contributed by atoms with Crippen molar-refractivity contribution in [3.8, 4) is 0 Å². The molecule has 0 bridgehead atoms. The van der Waals surface area contributed by atoms with Gasteiger partial charge in [0.2, 0.25) is 0 Å². The Labute approximate surface area is 132 Å². The van der Waals surface area contributed by atoms with Gasteiger partial charge in [-0.1, -0.05) is 0 Å². The van der Waals surface area contributed by atoms with Gasteiger partial charge in [-0.15, -0.1) is 0 Å². The first-order valence-electron chi connectivity index (χ1n) is 7.55. The lowest BCUT2D eigenvalue weighted by Gasteiger charge is -2.22. The van der Waals surface area contributed by atoms with Crippen LogP contribution in [0.2, 0.25) is 0 Å². The Morgan fingerprint density at radius 3 is 2.27 bits per heavy atom. The number of hydrogen-bond donors (Lipinski definition) is 1. The molecule has 2 rings (SSSR count). The highest BCUT2D eigenvalue weighted by molar-refractivity contribution is 7.92. The number of amides is 2. The molecule has 1 unspecified atom stereocenters. The van der Waals surface area contributed by atoms with Gasteiger partial charge in [-0.05, 0) is 64.8 Å². The molecule has 1 aromatic rings. The zero-order valence-corrected chi connectivity index (χ0v) is 14.4. The maximum Gasteiger partial charge on any atom is 0.322 e. The van der Waals surface area contributed by atoms with E-state index in [-0.39, 0.29) is 17.0 Å². The quantitative estimate of drug-likeness (QED) is 0.908. The number of likely N-dealkylation sites (tertiary alicyclic amines) is 1. The van der Waals surface area contributed by atoms with Gasteiger partial charge < -0.3 is 10.2 Å². The van der Waals surface area contributed by atoms with E-state index in [0.717, 1.165) is 19.4 Å². The average Bonchev–Trinajstić information content (AvgIpc) is 2.84. The zero-order valence-electron chi connectivity index (χ0n) is 13.6. The lowest BCUT2D eigenvalue weighted by atomic mass is 10.2. The summed E-state index contributed by atoms with van der Waals surface area (Å²) in [5.41, 5.74) is 0.608. The fourth-order valence-corrected chi connectivity index (χ4v) is 3.70. The average molecular weight is 324 g/mol. The summed E-state index contributed by atoms with van der Waals surface area (Å²) in [6, 6.07) is 6.49. The van der Waals surface area contributed by atoms with Gasteiger partial charge in [0.1, 0.15) is 0 Å². The topological polar surface area (TPSA) is 66.5 Å². The lowest BCUT2D eigenvalue weighted by Crippen LogP contribution is -2.37. The molecule has 1 aliphatic heterocycles. The number of benzene rings is 1. The number of nitrogens with one attached hydrogen (secondary N) is 1. The summed E-state index contributed by atoms with van der Waals surface area (Å²) in [5, 5.41) is 2.82. The number of carbonyl (C=O) groups is 1. The molecular formula is C16H24N2O3S. The Balaban J connectivity index is 2.11. The predicted molar refractivity (Wildman–Crippen MR) is 87.8 cm³/mol. The van der Waals surface area contributed by atoms with Crippen LogP contribution in [-0.2, 0) is 9.84 Å². The van der Waals surface area contributed by atoms with E-state index < -0.39 is 14.6 Å².